The Hall–Kier alpha value is -3.62. The van der Waals surface area contributed by atoms with E-state index in [1.807, 2.05) is 6.07 Å². The van der Waals surface area contributed by atoms with Gasteiger partial charge in [-0.05, 0) is 29.3 Å². The first kappa shape index (κ1) is 20.9. The number of fused-ring (bicyclic) bond motifs is 3. The van der Waals surface area contributed by atoms with Crippen LogP contribution in [0, 0.1) is 0 Å². The quantitative estimate of drug-likeness (QED) is 0.456. The lowest BCUT2D eigenvalue weighted by molar-refractivity contribution is 0.103. The first-order chi connectivity index (χ1) is 16.6. The van der Waals surface area contributed by atoms with Gasteiger partial charge in [-0.15, -0.1) is 11.3 Å². The van der Waals surface area contributed by atoms with Crippen LogP contribution < -0.4 is 20.5 Å². The molecule has 0 fully saturated rings. The maximum Gasteiger partial charge on any atom is 0.267 e. The lowest BCUT2D eigenvalue weighted by atomic mass is 10.0. The Morgan fingerprint density at radius 2 is 1.91 bits per heavy atom. The van der Waals surface area contributed by atoms with Crippen LogP contribution in [0.5, 0.6) is 11.5 Å². The molecular formula is C26H24N4O3S. The van der Waals surface area contributed by atoms with E-state index in [0.29, 0.717) is 41.0 Å². The second kappa shape index (κ2) is 8.62. The maximum absolute atomic E-state index is 13.1. The minimum atomic E-state index is -0.249. The number of thiophene rings is 1. The SMILES string of the molecule is Nc1c(C(=O)Nc2ccc3c(c2)OCCO3)sc2nc3c(cc12)CN(Cc1ccccc1)CC3. The van der Waals surface area contributed by atoms with Crippen molar-refractivity contribution in [2.45, 2.75) is 19.5 Å². The highest BCUT2D eigenvalue weighted by Gasteiger charge is 2.23. The molecule has 4 aromatic rings. The third-order valence-electron chi connectivity index (χ3n) is 6.20. The third-order valence-corrected chi connectivity index (χ3v) is 7.32. The van der Waals surface area contributed by atoms with Crippen LogP contribution in [-0.4, -0.2) is 35.5 Å². The van der Waals surface area contributed by atoms with Gasteiger partial charge in [0.2, 0.25) is 0 Å². The van der Waals surface area contributed by atoms with Crippen LogP contribution in [0.4, 0.5) is 11.4 Å². The molecular weight excluding hydrogens is 448 g/mol. The van der Waals surface area contributed by atoms with Gasteiger partial charge < -0.3 is 20.5 Å². The standard InChI is InChI=1S/C26H24N4O3S/c27-23-19-12-17-15-30(14-16-4-2-1-3-5-16)9-8-20(17)29-26(19)34-24(23)25(31)28-18-6-7-21-22(13-18)33-11-10-32-21/h1-7,12-13H,8-11,14-15,27H2,(H,28,31). The normalized spacial score (nSPS) is 15.2. The summed E-state index contributed by atoms with van der Waals surface area (Å²) in [5.41, 5.74) is 11.1. The summed E-state index contributed by atoms with van der Waals surface area (Å²) in [4.78, 5) is 21.6. The first-order valence-corrected chi connectivity index (χ1v) is 12.1. The highest BCUT2D eigenvalue weighted by molar-refractivity contribution is 7.21. The molecule has 0 radical (unpaired) electrons. The van der Waals surface area contributed by atoms with E-state index in [4.69, 9.17) is 20.2 Å². The summed E-state index contributed by atoms with van der Waals surface area (Å²) in [5, 5.41) is 3.78. The van der Waals surface area contributed by atoms with Crippen molar-refractivity contribution in [2.24, 2.45) is 0 Å². The molecule has 0 saturated heterocycles. The number of carbonyl (C=O) groups is 1. The monoisotopic (exact) mass is 472 g/mol. The second-order valence-corrected chi connectivity index (χ2v) is 9.55. The highest BCUT2D eigenvalue weighted by Crippen LogP contribution is 2.37. The molecule has 0 spiro atoms. The fraction of sp³-hybridized carbons (Fsp3) is 0.231. The topological polar surface area (TPSA) is 89.7 Å². The molecule has 172 valence electrons. The van der Waals surface area contributed by atoms with E-state index in [1.165, 1.54) is 22.5 Å². The van der Waals surface area contributed by atoms with Crippen molar-refractivity contribution in [3.8, 4) is 11.5 Å². The number of hydrogen-bond acceptors (Lipinski definition) is 7. The molecule has 0 aliphatic carbocycles. The molecule has 0 atom stereocenters. The zero-order valence-electron chi connectivity index (χ0n) is 18.5. The molecule has 0 unspecified atom stereocenters. The van der Waals surface area contributed by atoms with Gasteiger partial charge in [-0.1, -0.05) is 30.3 Å². The number of nitrogen functional groups attached to an aromatic ring is 1. The molecule has 1 amide bonds. The highest BCUT2D eigenvalue weighted by atomic mass is 32.1. The van der Waals surface area contributed by atoms with Crippen LogP contribution in [0.25, 0.3) is 10.2 Å². The molecule has 0 saturated carbocycles. The average molecular weight is 473 g/mol. The summed E-state index contributed by atoms with van der Waals surface area (Å²) < 4.78 is 11.2. The number of anilines is 2. The Bertz CT molecular complexity index is 1390. The van der Waals surface area contributed by atoms with E-state index in [0.717, 1.165) is 42.0 Å². The van der Waals surface area contributed by atoms with Gasteiger partial charge in [0.25, 0.3) is 5.91 Å². The number of nitrogens with zero attached hydrogens (tertiary/aromatic N) is 2. The van der Waals surface area contributed by atoms with Crippen molar-refractivity contribution in [1.29, 1.82) is 0 Å². The van der Waals surface area contributed by atoms with Crippen LogP contribution in [0.3, 0.4) is 0 Å². The molecule has 0 bridgehead atoms. The minimum absolute atomic E-state index is 0.249. The number of nitrogens with one attached hydrogen (secondary N) is 1. The molecule has 2 aliphatic rings. The summed E-state index contributed by atoms with van der Waals surface area (Å²) in [6.07, 6.45) is 0.884. The number of benzene rings is 2. The van der Waals surface area contributed by atoms with Crippen molar-refractivity contribution in [3.63, 3.8) is 0 Å². The van der Waals surface area contributed by atoms with Crippen LogP contribution in [0.2, 0.25) is 0 Å². The van der Waals surface area contributed by atoms with Crippen molar-refractivity contribution in [1.82, 2.24) is 9.88 Å². The Kier molecular flexibility index (Phi) is 5.31. The van der Waals surface area contributed by atoms with E-state index in [1.54, 1.807) is 18.2 Å². The van der Waals surface area contributed by atoms with E-state index in [2.05, 4.69) is 40.5 Å². The zero-order valence-corrected chi connectivity index (χ0v) is 19.4. The van der Waals surface area contributed by atoms with E-state index >= 15 is 0 Å². The Labute approximate surface area is 201 Å². The Morgan fingerprint density at radius 1 is 1.09 bits per heavy atom. The van der Waals surface area contributed by atoms with E-state index in [9.17, 15) is 4.79 Å². The van der Waals surface area contributed by atoms with Gasteiger partial charge in [-0.25, -0.2) is 4.98 Å². The molecule has 3 N–H and O–H groups in total. The van der Waals surface area contributed by atoms with Crippen molar-refractivity contribution in [3.05, 3.63) is 76.3 Å². The summed E-state index contributed by atoms with van der Waals surface area (Å²) in [6, 6.07) is 18.0. The van der Waals surface area contributed by atoms with Crippen LogP contribution >= 0.6 is 11.3 Å². The van der Waals surface area contributed by atoms with Gasteiger partial charge in [0.15, 0.2) is 11.5 Å². The second-order valence-electron chi connectivity index (χ2n) is 8.55. The summed E-state index contributed by atoms with van der Waals surface area (Å²) in [5.74, 6) is 1.06. The number of amides is 1. The summed E-state index contributed by atoms with van der Waals surface area (Å²) >= 11 is 1.34. The number of aromatic nitrogens is 1. The van der Waals surface area contributed by atoms with Crippen molar-refractivity contribution >= 4 is 38.8 Å². The number of carbonyl (C=O) groups excluding carboxylic acids is 1. The van der Waals surface area contributed by atoms with Gasteiger partial charge in [-0.3, -0.25) is 9.69 Å². The van der Waals surface area contributed by atoms with Gasteiger partial charge in [-0.2, -0.15) is 0 Å². The Morgan fingerprint density at radius 3 is 2.76 bits per heavy atom. The van der Waals surface area contributed by atoms with Crippen molar-refractivity contribution < 1.29 is 14.3 Å². The number of ether oxygens (including phenoxy) is 2. The first-order valence-electron chi connectivity index (χ1n) is 11.3. The summed E-state index contributed by atoms with van der Waals surface area (Å²) in [6.45, 7) is 3.70. The fourth-order valence-corrected chi connectivity index (χ4v) is 5.50. The third kappa shape index (κ3) is 3.95. The van der Waals surface area contributed by atoms with Crippen molar-refractivity contribution in [2.75, 3.05) is 30.8 Å². The molecule has 7 nitrogen and oxygen atoms in total. The molecule has 2 aromatic carbocycles. The molecule has 2 aliphatic heterocycles. The van der Waals surface area contributed by atoms with Gasteiger partial charge >= 0.3 is 0 Å². The Balaban J connectivity index is 1.24. The predicted molar refractivity (Wildman–Crippen MR) is 134 cm³/mol. The molecule has 8 heteroatoms. The fourth-order valence-electron chi connectivity index (χ4n) is 4.51. The van der Waals surface area contributed by atoms with Gasteiger partial charge in [0.1, 0.15) is 22.9 Å². The van der Waals surface area contributed by atoms with Gasteiger partial charge in [0.05, 0.1) is 5.69 Å². The minimum Gasteiger partial charge on any atom is -0.486 e. The largest absolute Gasteiger partial charge is 0.486 e. The lowest BCUT2D eigenvalue weighted by Gasteiger charge is -2.28. The molecule has 34 heavy (non-hydrogen) atoms. The van der Waals surface area contributed by atoms with E-state index < -0.39 is 0 Å². The molecule has 4 heterocycles. The molecule has 2 aromatic heterocycles. The van der Waals surface area contributed by atoms with Crippen LogP contribution in [0.15, 0.2) is 54.6 Å². The van der Waals surface area contributed by atoms with Crippen LogP contribution in [0.1, 0.15) is 26.5 Å². The van der Waals surface area contributed by atoms with Crippen LogP contribution in [-0.2, 0) is 19.5 Å². The average Bonchev–Trinajstić information content (AvgIpc) is 3.18. The maximum atomic E-state index is 13.1. The zero-order chi connectivity index (χ0) is 23.1. The number of pyridine rings is 1. The smallest absolute Gasteiger partial charge is 0.267 e. The number of hydrogen-bond donors (Lipinski definition) is 2. The number of rotatable bonds is 4. The van der Waals surface area contributed by atoms with Gasteiger partial charge in [0, 0.05) is 48.9 Å². The summed E-state index contributed by atoms with van der Waals surface area (Å²) in [7, 11) is 0. The predicted octanol–water partition coefficient (Wildman–Crippen LogP) is 4.46. The number of nitrogens with two attached hydrogens (primary N) is 1. The lowest BCUT2D eigenvalue weighted by Crippen LogP contribution is -2.30. The molecule has 6 rings (SSSR count). The van der Waals surface area contributed by atoms with E-state index in [-0.39, 0.29) is 5.91 Å².